The Labute approximate surface area is 96.9 Å². The van der Waals surface area contributed by atoms with Crippen molar-refractivity contribution in [1.82, 2.24) is 4.37 Å². The van der Waals surface area contributed by atoms with E-state index in [0.29, 0.717) is 10.7 Å². The van der Waals surface area contributed by atoms with Crippen LogP contribution in [0.4, 0.5) is 5.00 Å². The number of aromatic carboxylic acids is 1. The molecule has 2 rings (SSSR count). The van der Waals surface area contributed by atoms with Crippen LogP contribution in [0.1, 0.15) is 28.9 Å². The SMILES string of the molecule is Cc1nsc(N(C)C(=O)C2CC2)c1C(=O)O. The minimum atomic E-state index is -1.03. The molecule has 86 valence electrons. The first-order valence-corrected chi connectivity index (χ1v) is 5.77. The Bertz CT molecular complexity index is 451. The molecule has 1 aromatic heterocycles. The molecule has 0 unspecified atom stereocenters. The summed E-state index contributed by atoms with van der Waals surface area (Å²) in [6.45, 7) is 1.64. The Hall–Kier alpha value is -1.43. The maximum absolute atomic E-state index is 11.8. The summed E-state index contributed by atoms with van der Waals surface area (Å²) < 4.78 is 3.99. The Morgan fingerprint density at radius 1 is 1.50 bits per heavy atom. The van der Waals surface area contributed by atoms with Crippen LogP contribution in [0, 0.1) is 12.8 Å². The fourth-order valence-corrected chi connectivity index (χ4v) is 2.39. The highest BCUT2D eigenvalue weighted by molar-refractivity contribution is 7.11. The Balaban J connectivity index is 2.32. The molecule has 1 saturated carbocycles. The number of hydrogen-bond donors (Lipinski definition) is 1. The number of nitrogens with zero attached hydrogens (tertiary/aromatic N) is 2. The average Bonchev–Trinajstić information content (AvgIpc) is 2.99. The van der Waals surface area contributed by atoms with Crippen molar-refractivity contribution < 1.29 is 14.7 Å². The molecule has 0 saturated heterocycles. The zero-order chi connectivity index (χ0) is 11.9. The van der Waals surface area contributed by atoms with Crippen LogP contribution in [0.2, 0.25) is 0 Å². The number of amides is 1. The molecule has 0 bridgehead atoms. The fourth-order valence-electron chi connectivity index (χ4n) is 1.54. The van der Waals surface area contributed by atoms with Gasteiger partial charge in [-0.3, -0.25) is 4.79 Å². The molecular formula is C10H12N2O3S. The van der Waals surface area contributed by atoms with Gasteiger partial charge in [0.25, 0.3) is 0 Å². The second-order valence-electron chi connectivity index (χ2n) is 3.92. The molecule has 1 aliphatic carbocycles. The average molecular weight is 240 g/mol. The number of rotatable bonds is 3. The summed E-state index contributed by atoms with van der Waals surface area (Å²) in [6, 6.07) is 0. The number of anilines is 1. The van der Waals surface area contributed by atoms with Gasteiger partial charge in [-0.25, -0.2) is 4.79 Å². The van der Waals surface area contributed by atoms with Gasteiger partial charge in [-0.15, -0.1) is 0 Å². The summed E-state index contributed by atoms with van der Waals surface area (Å²) in [7, 11) is 1.61. The number of carbonyl (C=O) groups is 2. The number of carboxylic acids is 1. The van der Waals surface area contributed by atoms with Gasteiger partial charge in [-0.1, -0.05) is 0 Å². The van der Waals surface area contributed by atoms with Gasteiger partial charge < -0.3 is 10.0 Å². The highest BCUT2D eigenvalue weighted by Gasteiger charge is 2.34. The zero-order valence-corrected chi connectivity index (χ0v) is 9.87. The van der Waals surface area contributed by atoms with Crippen LogP contribution < -0.4 is 4.90 Å². The third-order valence-electron chi connectivity index (χ3n) is 2.62. The minimum absolute atomic E-state index is 0.00819. The van der Waals surface area contributed by atoms with Gasteiger partial charge in [0.2, 0.25) is 5.91 Å². The van der Waals surface area contributed by atoms with Crippen LogP contribution in [0.25, 0.3) is 0 Å². The van der Waals surface area contributed by atoms with E-state index in [1.54, 1.807) is 14.0 Å². The molecule has 16 heavy (non-hydrogen) atoms. The molecule has 1 fully saturated rings. The van der Waals surface area contributed by atoms with Gasteiger partial charge in [0.1, 0.15) is 10.6 Å². The van der Waals surface area contributed by atoms with E-state index in [0.717, 1.165) is 24.4 Å². The Kier molecular flexibility index (Phi) is 2.67. The van der Waals surface area contributed by atoms with Crippen LogP contribution in [-0.4, -0.2) is 28.4 Å². The lowest BCUT2D eigenvalue weighted by atomic mass is 10.2. The smallest absolute Gasteiger partial charge is 0.340 e. The molecule has 0 radical (unpaired) electrons. The highest BCUT2D eigenvalue weighted by atomic mass is 32.1. The summed E-state index contributed by atoms with van der Waals surface area (Å²) in [6.07, 6.45) is 1.81. The second kappa shape index (κ2) is 3.86. The van der Waals surface area contributed by atoms with E-state index in [1.165, 1.54) is 4.90 Å². The number of hydrogen-bond acceptors (Lipinski definition) is 4. The monoisotopic (exact) mass is 240 g/mol. The van der Waals surface area contributed by atoms with Crippen molar-refractivity contribution in [2.24, 2.45) is 5.92 Å². The first-order valence-electron chi connectivity index (χ1n) is 4.99. The summed E-state index contributed by atoms with van der Waals surface area (Å²) in [5.74, 6) is -0.961. The zero-order valence-electron chi connectivity index (χ0n) is 9.06. The summed E-state index contributed by atoms with van der Waals surface area (Å²) >= 11 is 1.06. The Morgan fingerprint density at radius 2 is 2.12 bits per heavy atom. The maximum atomic E-state index is 11.8. The second-order valence-corrected chi connectivity index (χ2v) is 4.68. The summed E-state index contributed by atoms with van der Waals surface area (Å²) in [4.78, 5) is 24.3. The molecule has 1 amide bonds. The quantitative estimate of drug-likeness (QED) is 0.869. The van der Waals surface area contributed by atoms with Crippen molar-refractivity contribution in [3.63, 3.8) is 0 Å². The van der Waals surface area contributed by atoms with Crippen molar-refractivity contribution in [1.29, 1.82) is 0 Å². The van der Waals surface area contributed by atoms with Gasteiger partial charge in [0.15, 0.2) is 0 Å². The molecule has 0 spiro atoms. The topological polar surface area (TPSA) is 70.5 Å². The molecule has 1 heterocycles. The summed E-state index contributed by atoms with van der Waals surface area (Å²) in [5, 5.41) is 9.48. The molecular weight excluding hydrogens is 228 g/mol. The van der Waals surface area contributed by atoms with Gasteiger partial charge >= 0.3 is 5.97 Å². The number of aromatic nitrogens is 1. The maximum Gasteiger partial charge on any atom is 0.340 e. The molecule has 1 aliphatic rings. The van der Waals surface area contributed by atoms with Crippen molar-refractivity contribution in [3.8, 4) is 0 Å². The van der Waals surface area contributed by atoms with E-state index in [-0.39, 0.29) is 17.4 Å². The number of carboxylic acid groups (broad SMARTS) is 1. The molecule has 0 aliphatic heterocycles. The molecule has 5 nitrogen and oxygen atoms in total. The lowest BCUT2D eigenvalue weighted by Crippen LogP contribution is -2.28. The molecule has 1 aromatic rings. The molecule has 6 heteroatoms. The standard InChI is InChI=1S/C10H12N2O3S/c1-5-7(10(14)15)9(16-11-5)12(2)8(13)6-3-4-6/h6H,3-4H2,1-2H3,(H,14,15). The molecule has 0 aromatic carbocycles. The lowest BCUT2D eigenvalue weighted by molar-refractivity contribution is -0.119. The van der Waals surface area contributed by atoms with Crippen LogP contribution in [0.15, 0.2) is 0 Å². The number of aryl methyl sites for hydroxylation is 1. The first-order chi connectivity index (χ1) is 7.52. The molecule has 0 atom stereocenters. The third kappa shape index (κ3) is 1.80. The van der Waals surface area contributed by atoms with Gasteiger partial charge in [-0.2, -0.15) is 4.37 Å². The van der Waals surface area contributed by atoms with Crippen molar-refractivity contribution in [2.45, 2.75) is 19.8 Å². The number of carbonyl (C=O) groups excluding carboxylic acids is 1. The van der Waals surface area contributed by atoms with Crippen LogP contribution in [0.5, 0.6) is 0 Å². The van der Waals surface area contributed by atoms with E-state index in [4.69, 9.17) is 5.11 Å². The van der Waals surface area contributed by atoms with Crippen LogP contribution in [0.3, 0.4) is 0 Å². The van der Waals surface area contributed by atoms with Gasteiger partial charge in [0, 0.05) is 13.0 Å². The minimum Gasteiger partial charge on any atom is -0.478 e. The predicted molar refractivity (Wildman–Crippen MR) is 59.9 cm³/mol. The van der Waals surface area contributed by atoms with Crippen molar-refractivity contribution in [3.05, 3.63) is 11.3 Å². The van der Waals surface area contributed by atoms with Crippen molar-refractivity contribution in [2.75, 3.05) is 11.9 Å². The summed E-state index contributed by atoms with van der Waals surface area (Å²) in [5.41, 5.74) is 0.601. The third-order valence-corrected chi connectivity index (χ3v) is 3.64. The predicted octanol–water partition coefficient (Wildman–Crippen LogP) is 1.52. The normalized spacial score (nSPS) is 14.9. The first kappa shape index (κ1) is 11.1. The Morgan fingerprint density at radius 3 is 2.62 bits per heavy atom. The lowest BCUT2D eigenvalue weighted by Gasteiger charge is -2.15. The van der Waals surface area contributed by atoms with Crippen LogP contribution >= 0.6 is 11.5 Å². The largest absolute Gasteiger partial charge is 0.478 e. The van der Waals surface area contributed by atoms with E-state index >= 15 is 0 Å². The highest BCUT2D eigenvalue weighted by Crippen LogP contribution is 2.35. The van der Waals surface area contributed by atoms with E-state index < -0.39 is 5.97 Å². The van der Waals surface area contributed by atoms with Crippen LogP contribution in [-0.2, 0) is 4.79 Å². The molecule has 1 N–H and O–H groups in total. The fraction of sp³-hybridized carbons (Fsp3) is 0.500. The van der Waals surface area contributed by atoms with Gasteiger partial charge in [0.05, 0.1) is 5.69 Å². The van der Waals surface area contributed by atoms with E-state index in [9.17, 15) is 9.59 Å². The van der Waals surface area contributed by atoms with Crippen molar-refractivity contribution >= 4 is 28.4 Å². The van der Waals surface area contributed by atoms with Gasteiger partial charge in [-0.05, 0) is 31.3 Å². The van der Waals surface area contributed by atoms with E-state index in [2.05, 4.69) is 4.37 Å². The van der Waals surface area contributed by atoms with E-state index in [1.807, 2.05) is 0 Å².